The molecule has 0 spiro atoms. The van der Waals surface area contributed by atoms with E-state index in [0.717, 1.165) is 5.56 Å². The van der Waals surface area contributed by atoms with Gasteiger partial charge in [0.2, 0.25) is 0 Å². The van der Waals surface area contributed by atoms with Crippen LogP contribution in [0.4, 0.5) is 0 Å². The van der Waals surface area contributed by atoms with Crippen molar-refractivity contribution in [3.05, 3.63) is 35.9 Å². The van der Waals surface area contributed by atoms with Gasteiger partial charge in [0, 0.05) is 5.75 Å². The minimum absolute atomic E-state index is 0. The van der Waals surface area contributed by atoms with Gasteiger partial charge in [0.05, 0.1) is 19.3 Å². The van der Waals surface area contributed by atoms with Crippen LogP contribution in [0.25, 0.3) is 0 Å². The van der Waals surface area contributed by atoms with Crippen LogP contribution in [0.3, 0.4) is 0 Å². The molecule has 0 aliphatic carbocycles. The molecule has 80 valence electrons. The van der Waals surface area contributed by atoms with Crippen molar-refractivity contribution in [3.8, 4) is 0 Å². The molecule has 0 heterocycles. The summed E-state index contributed by atoms with van der Waals surface area (Å²) in [4.78, 5) is 0. The molecular weight excluding hydrogens is 216 g/mol. The lowest BCUT2D eigenvalue weighted by Gasteiger charge is -2.12. The second-order valence-electron chi connectivity index (χ2n) is 2.78. The normalized spacial score (nSPS) is 11.9. The Bertz CT molecular complexity index is 225. The van der Waals surface area contributed by atoms with Crippen LogP contribution in [-0.4, -0.2) is 23.6 Å². The Labute approximate surface area is 97.1 Å². The van der Waals surface area contributed by atoms with E-state index < -0.39 is 0 Å². The van der Waals surface area contributed by atoms with Gasteiger partial charge in [-0.3, -0.25) is 0 Å². The van der Waals surface area contributed by atoms with Crippen molar-refractivity contribution >= 4 is 26.1 Å². The van der Waals surface area contributed by atoms with Crippen LogP contribution in [0.5, 0.6) is 0 Å². The predicted molar refractivity (Wildman–Crippen MR) is 66.3 cm³/mol. The molecule has 1 aromatic carbocycles. The number of benzene rings is 1. The van der Waals surface area contributed by atoms with Gasteiger partial charge in [-0.1, -0.05) is 30.3 Å². The summed E-state index contributed by atoms with van der Waals surface area (Å²) in [6, 6.07) is 9.88. The summed E-state index contributed by atoms with van der Waals surface area (Å²) in [5.41, 5.74) is 1.11. The molecule has 0 aliphatic rings. The zero-order valence-corrected chi connectivity index (χ0v) is 9.78. The monoisotopic (exact) mass is 232 g/mol. The van der Waals surface area contributed by atoms with Gasteiger partial charge in [0.15, 0.2) is 0 Å². The Kier molecular flexibility index (Phi) is 8.08. The third kappa shape index (κ3) is 4.91. The van der Waals surface area contributed by atoms with Gasteiger partial charge in [0.1, 0.15) is 0 Å². The minimum Gasteiger partial charge on any atom is -0.394 e. The van der Waals surface area contributed by atoms with E-state index in [1.807, 2.05) is 30.3 Å². The Morgan fingerprint density at radius 2 is 1.93 bits per heavy atom. The fourth-order valence-corrected chi connectivity index (χ4v) is 1.17. The van der Waals surface area contributed by atoms with E-state index in [0.29, 0.717) is 12.4 Å². The fourth-order valence-electron chi connectivity index (χ4n) is 0.951. The molecule has 0 saturated heterocycles. The van der Waals surface area contributed by atoms with Gasteiger partial charge >= 0.3 is 0 Å². The van der Waals surface area contributed by atoms with E-state index in [2.05, 4.69) is 12.6 Å². The maximum Gasteiger partial charge on any atom is 0.0897 e. The molecule has 0 unspecified atom stereocenters. The van der Waals surface area contributed by atoms with Crippen LogP contribution in [0.1, 0.15) is 5.56 Å². The molecule has 2 nitrogen and oxygen atoms in total. The lowest BCUT2D eigenvalue weighted by Crippen LogP contribution is -2.19. The Morgan fingerprint density at radius 3 is 2.43 bits per heavy atom. The summed E-state index contributed by atoms with van der Waals surface area (Å²) in [6.45, 7) is 0.558. The van der Waals surface area contributed by atoms with E-state index in [9.17, 15) is 0 Å². The zero-order valence-electron chi connectivity index (χ0n) is 7.89. The summed E-state index contributed by atoms with van der Waals surface area (Å²) in [5.74, 6) is 0.545. The summed E-state index contributed by atoms with van der Waals surface area (Å²) in [5, 5.41) is 8.83. The molecule has 14 heavy (non-hydrogen) atoms. The number of aliphatic hydroxyl groups excluding tert-OH is 1. The minimum atomic E-state index is -0.163. The lowest BCUT2D eigenvalue weighted by molar-refractivity contribution is 0.0176. The van der Waals surface area contributed by atoms with Gasteiger partial charge in [-0.05, 0) is 5.56 Å². The highest BCUT2D eigenvalue weighted by Gasteiger charge is 2.04. The highest BCUT2D eigenvalue weighted by molar-refractivity contribution is 7.80. The van der Waals surface area contributed by atoms with Crippen molar-refractivity contribution in [1.82, 2.24) is 0 Å². The average Bonchev–Trinajstić information content (AvgIpc) is 2.21. The SMILES string of the molecule is OC[C@@H](CS)OCc1ccccc1.S. The summed E-state index contributed by atoms with van der Waals surface area (Å²) < 4.78 is 5.40. The molecule has 0 aliphatic heterocycles. The zero-order chi connectivity index (χ0) is 9.52. The smallest absolute Gasteiger partial charge is 0.0897 e. The maximum atomic E-state index is 8.83. The summed E-state index contributed by atoms with van der Waals surface area (Å²) >= 11 is 4.06. The first-order valence-electron chi connectivity index (χ1n) is 4.24. The molecule has 0 bridgehead atoms. The molecule has 4 heteroatoms. The van der Waals surface area contributed by atoms with Crippen molar-refractivity contribution < 1.29 is 9.84 Å². The third-order valence-electron chi connectivity index (χ3n) is 1.74. The van der Waals surface area contributed by atoms with E-state index in [4.69, 9.17) is 9.84 Å². The van der Waals surface area contributed by atoms with Crippen molar-refractivity contribution in [3.63, 3.8) is 0 Å². The molecule has 1 aromatic rings. The number of aliphatic hydroxyl groups is 1. The van der Waals surface area contributed by atoms with Crippen molar-refractivity contribution in [2.45, 2.75) is 12.7 Å². The van der Waals surface area contributed by atoms with Crippen molar-refractivity contribution in [2.75, 3.05) is 12.4 Å². The first-order valence-corrected chi connectivity index (χ1v) is 4.87. The third-order valence-corrected chi connectivity index (χ3v) is 2.14. The Hall–Kier alpha value is -0.160. The number of rotatable bonds is 5. The second-order valence-corrected chi connectivity index (χ2v) is 3.15. The molecule has 1 N–H and O–H groups in total. The molecule has 0 radical (unpaired) electrons. The molecule has 0 amide bonds. The van der Waals surface area contributed by atoms with E-state index in [1.165, 1.54) is 0 Å². The van der Waals surface area contributed by atoms with Gasteiger partial charge in [-0.15, -0.1) is 0 Å². The van der Waals surface area contributed by atoms with E-state index in [-0.39, 0.29) is 26.2 Å². The summed E-state index contributed by atoms with van der Waals surface area (Å²) in [7, 11) is 0. The Balaban J connectivity index is 0.00000169. The van der Waals surface area contributed by atoms with Gasteiger partial charge < -0.3 is 9.84 Å². The summed E-state index contributed by atoms with van der Waals surface area (Å²) in [6.07, 6.45) is -0.163. The van der Waals surface area contributed by atoms with Crippen LogP contribution in [-0.2, 0) is 11.3 Å². The van der Waals surface area contributed by atoms with Crippen LogP contribution in [0.2, 0.25) is 0 Å². The van der Waals surface area contributed by atoms with E-state index >= 15 is 0 Å². The fraction of sp³-hybridized carbons (Fsp3) is 0.400. The number of hydrogen-bond acceptors (Lipinski definition) is 3. The van der Waals surface area contributed by atoms with Crippen molar-refractivity contribution in [1.29, 1.82) is 0 Å². The maximum absolute atomic E-state index is 8.83. The van der Waals surface area contributed by atoms with Crippen molar-refractivity contribution in [2.24, 2.45) is 0 Å². The first kappa shape index (κ1) is 13.8. The molecule has 1 atom stereocenters. The standard InChI is InChI=1S/C10H14O2S.H2S/c11-6-10(8-13)12-7-9-4-2-1-3-5-9;/h1-5,10-11,13H,6-8H2;1H2/t10-;/m0./s1. The number of hydrogen-bond donors (Lipinski definition) is 2. The molecular formula is C10H16O2S2. The van der Waals surface area contributed by atoms with Crippen LogP contribution < -0.4 is 0 Å². The largest absolute Gasteiger partial charge is 0.394 e. The Morgan fingerprint density at radius 1 is 1.29 bits per heavy atom. The van der Waals surface area contributed by atoms with Crippen LogP contribution in [0, 0.1) is 0 Å². The quantitative estimate of drug-likeness (QED) is 0.755. The molecule has 0 aromatic heterocycles. The second kappa shape index (κ2) is 8.17. The molecule has 0 fully saturated rings. The first-order chi connectivity index (χ1) is 6.36. The lowest BCUT2D eigenvalue weighted by atomic mass is 10.2. The van der Waals surface area contributed by atoms with E-state index in [1.54, 1.807) is 0 Å². The number of ether oxygens (including phenoxy) is 1. The van der Waals surface area contributed by atoms with Gasteiger partial charge in [-0.2, -0.15) is 26.1 Å². The molecule has 1 rings (SSSR count). The molecule has 0 saturated carbocycles. The predicted octanol–water partition coefficient (Wildman–Crippen LogP) is 1.61. The highest BCUT2D eigenvalue weighted by atomic mass is 32.1. The average molecular weight is 232 g/mol. The van der Waals surface area contributed by atoms with Crippen LogP contribution in [0.15, 0.2) is 30.3 Å². The highest BCUT2D eigenvalue weighted by Crippen LogP contribution is 2.03. The van der Waals surface area contributed by atoms with Crippen LogP contribution >= 0.6 is 26.1 Å². The van der Waals surface area contributed by atoms with Gasteiger partial charge in [-0.25, -0.2) is 0 Å². The topological polar surface area (TPSA) is 29.5 Å². The number of thiol groups is 1. The van der Waals surface area contributed by atoms with Gasteiger partial charge in [0.25, 0.3) is 0 Å².